The van der Waals surface area contributed by atoms with Crippen molar-refractivity contribution in [1.29, 1.82) is 0 Å². The number of hydrogen-bond donors (Lipinski definition) is 0. The van der Waals surface area contributed by atoms with Crippen LogP contribution in [0.4, 0.5) is 0 Å². The molecular weight excluding hydrogens is 218 g/mol. The number of hydrogen-bond acceptors (Lipinski definition) is 3. The molecule has 0 amide bonds. The zero-order valence-corrected chi connectivity index (χ0v) is 10.6. The first-order chi connectivity index (χ1) is 7.75. The van der Waals surface area contributed by atoms with E-state index < -0.39 is 0 Å². The molecule has 0 bridgehead atoms. The van der Waals surface area contributed by atoms with Gasteiger partial charge in [-0.05, 0) is 24.5 Å². The molecule has 0 spiro atoms. The molecule has 86 valence electrons. The summed E-state index contributed by atoms with van der Waals surface area (Å²) < 4.78 is 6.85. The van der Waals surface area contributed by atoms with Gasteiger partial charge in [0.25, 0.3) is 0 Å². The van der Waals surface area contributed by atoms with Gasteiger partial charge in [0.2, 0.25) is 0 Å². The van der Waals surface area contributed by atoms with E-state index in [1.54, 1.807) is 11.3 Å². The van der Waals surface area contributed by atoms with Crippen LogP contribution in [0.3, 0.4) is 0 Å². The predicted octanol–water partition coefficient (Wildman–Crippen LogP) is 3.86. The van der Waals surface area contributed by atoms with Gasteiger partial charge in [-0.15, -0.1) is 11.3 Å². The first-order valence-corrected chi connectivity index (χ1v) is 6.49. The van der Waals surface area contributed by atoms with Gasteiger partial charge in [-0.25, -0.2) is 4.98 Å². The number of benzene rings is 1. The lowest BCUT2D eigenvalue weighted by molar-refractivity contribution is 0.110. The Labute approximate surface area is 100 Å². The van der Waals surface area contributed by atoms with E-state index in [2.05, 4.69) is 24.9 Å². The van der Waals surface area contributed by atoms with Crippen molar-refractivity contribution >= 4 is 21.6 Å². The molecule has 0 N–H and O–H groups in total. The van der Waals surface area contributed by atoms with Gasteiger partial charge in [0, 0.05) is 6.61 Å². The van der Waals surface area contributed by atoms with Crippen molar-refractivity contribution in [2.24, 2.45) is 5.92 Å². The molecule has 0 unspecified atom stereocenters. The highest BCUT2D eigenvalue weighted by Gasteiger charge is 2.03. The Kier molecular flexibility index (Phi) is 3.91. The average Bonchev–Trinajstić information content (AvgIpc) is 2.66. The Morgan fingerprint density at radius 2 is 2.12 bits per heavy atom. The summed E-state index contributed by atoms with van der Waals surface area (Å²) in [4.78, 5) is 4.52. The summed E-state index contributed by atoms with van der Waals surface area (Å²) in [5, 5.41) is 1.07. The number of fused-ring (bicyclic) bond motifs is 1. The van der Waals surface area contributed by atoms with Gasteiger partial charge < -0.3 is 4.74 Å². The zero-order valence-electron chi connectivity index (χ0n) is 9.77. The van der Waals surface area contributed by atoms with Gasteiger partial charge in [-0.3, -0.25) is 0 Å². The van der Waals surface area contributed by atoms with Crippen LogP contribution in [-0.2, 0) is 11.3 Å². The van der Waals surface area contributed by atoms with Gasteiger partial charge >= 0.3 is 0 Å². The minimum absolute atomic E-state index is 0.645. The maximum Gasteiger partial charge on any atom is 0.120 e. The van der Waals surface area contributed by atoms with Crippen LogP contribution in [0, 0.1) is 5.92 Å². The van der Waals surface area contributed by atoms with Gasteiger partial charge in [0.05, 0.1) is 16.8 Å². The summed E-state index contributed by atoms with van der Waals surface area (Å²) in [5.41, 5.74) is 1.08. The summed E-state index contributed by atoms with van der Waals surface area (Å²) in [6, 6.07) is 8.21. The minimum atomic E-state index is 0.645. The van der Waals surface area contributed by atoms with Gasteiger partial charge in [0.15, 0.2) is 0 Å². The van der Waals surface area contributed by atoms with Gasteiger partial charge in [-0.2, -0.15) is 0 Å². The molecule has 0 saturated carbocycles. The van der Waals surface area contributed by atoms with Crippen molar-refractivity contribution in [1.82, 2.24) is 4.98 Å². The van der Waals surface area contributed by atoms with Crippen LogP contribution in [0.25, 0.3) is 10.2 Å². The van der Waals surface area contributed by atoms with E-state index in [1.807, 2.05) is 18.2 Å². The van der Waals surface area contributed by atoms with Crippen molar-refractivity contribution in [2.75, 3.05) is 6.61 Å². The lowest BCUT2D eigenvalue weighted by Crippen LogP contribution is -1.98. The largest absolute Gasteiger partial charge is 0.374 e. The Bertz CT molecular complexity index is 417. The Morgan fingerprint density at radius 1 is 1.31 bits per heavy atom. The highest BCUT2D eigenvalue weighted by Crippen LogP contribution is 2.21. The second-order valence-corrected chi connectivity index (χ2v) is 5.43. The van der Waals surface area contributed by atoms with E-state index in [1.165, 1.54) is 4.70 Å². The second kappa shape index (κ2) is 5.41. The first-order valence-electron chi connectivity index (χ1n) is 5.68. The maximum absolute atomic E-state index is 5.61. The van der Waals surface area contributed by atoms with E-state index >= 15 is 0 Å². The summed E-state index contributed by atoms with van der Waals surface area (Å²) in [7, 11) is 0. The molecule has 1 heterocycles. The molecule has 0 aliphatic heterocycles. The Balaban J connectivity index is 1.89. The lowest BCUT2D eigenvalue weighted by Gasteiger charge is -2.04. The molecule has 0 radical (unpaired) electrons. The second-order valence-electron chi connectivity index (χ2n) is 4.31. The number of rotatable bonds is 5. The molecule has 0 atom stereocenters. The monoisotopic (exact) mass is 235 g/mol. The van der Waals surface area contributed by atoms with Crippen molar-refractivity contribution in [3.63, 3.8) is 0 Å². The number of thiazole rings is 1. The Hall–Kier alpha value is -0.930. The number of aromatic nitrogens is 1. The van der Waals surface area contributed by atoms with Crippen LogP contribution in [0.1, 0.15) is 25.3 Å². The van der Waals surface area contributed by atoms with E-state index in [-0.39, 0.29) is 0 Å². The van der Waals surface area contributed by atoms with Crippen molar-refractivity contribution in [3.05, 3.63) is 29.3 Å². The topological polar surface area (TPSA) is 22.1 Å². The average molecular weight is 235 g/mol. The lowest BCUT2D eigenvalue weighted by atomic mass is 10.1. The summed E-state index contributed by atoms with van der Waals surface area (Å²) >= 11 is 1.72. The fourth-order valence-corrected chi connectivity index (χ4v) is 2.37. The van der Waals surface area contributed by atoms with Crippen LogP contribution < -0.4 is 0 Å². The van der Waals surface area contributed by atoms with Crippen molar-refractivity contribution < 1.29 is 4.74 Å². The highest BCUT2D eigenvalue weighted by atomic mass is 32.1. The Morgan fingerprint density at radius 3 is 2.88 bits per heavy atom. The summed E-state index contributed by atoms with van der Waals surface area (Å²) in [6.45, 7) is 5.89. The van der Waals surface area contributed by atoms with Crippen molar-refractivity contribution in [3.8, 4) is 0 Å². The van der Waals surface area contributed by atoms with Crippen LogP contribution in [-0.4, -0.2) is 11.6 Å². The number of nitrogens with zero attached hydrogens (tertiary/aromatic N) is 1. The van der Waals surface area contributed by atoms with Crippen LogP contribution >= 0.6 is 11.3 Å². The normalized spacial score (nSPS) is 11.4. The summed E-state index contributed by atoms with van der Waals surface area (Å²) in [6.07, 6.45) is 1.12. The first kappa shape index (κ1) is 11.6. The van der Waals surface area contributed by atoms with Gasteiger partial charge in [0.1, 0.15) is 5.01 Å². The van der Waals surface area contributed by atoms with E-state index in [9.17, 15) is 0 Å². The van der Waals surface area contributed by atoms with Crippen LogP contribution in [0.2, 0.25) is 0 Å². The third-order valence-electron chi connectivity index (χ3n) is 2.40. The molecule has 16 heavy (non-hydrogen) atoms. The fourth-order valence-electron chi connectivity index (χ4n) is 1.46. The molecule has 0 aliphatic rings. The van der Waals surface area contributed by atoms with Gasteiger partial charge in [-0.1, -0.05) is 26.0 Å². The molecule has 2 aromatic rings. The molecule has 2 nitrogen and oxygen atoms in total. The summed E-state index contributed by atoms with van der Waals surface area (Å²) in [5.74, 6) is 0.704. The third kappa shape index (κ3) is 3.03. The molecule has 0 fully saturated rings. The van der Waals surface area contributed by atoms with Crippen LogP contribution in [0.15, 0.2) is 24.3 Å². The van der Waals surface area contributed by atoms with E-state index in [0.29, 0.717) is 12.5 Å². The van der Waals surface area contributed by atoms with E-state index in [0.717, 1.165) is 23.6 Å². The highest BCUT2D eigenvalue weighted by molar-refractivity contribution is 7.18. The van der Waals surface area contributed by atoms with Crippen molar-refractivity contribution in [2.45, 2.75) is 26.9 Å². The molecular formula is C13H17NOS. The molecule has 2 rings (SSSR count). The molecule has 0 saturated heterocycles. The quantitative estimate of drug-likeness (QED) is 0.734. The molecule has 0 aliphatic carbocycles. The standard InChI is InChI=1S/C13H17NOS/c1-10(2)7-8-15-9-13-14-11-5-3-4-6-12(11)16-13/h3-6,10H,7-9H2,1-2H3. The zero-order chi connectivity index (χ0) is 11.4. The molecule has 1 aromatic carbocycles. The van der Waals surface area contributed by atoms with E-state index in [4.69, 9.17) is 4.74 Å². The fraction of sp³-hybridized carbons (Fsp3) is 0.462. The SMILES string of the molecule is CC(C)CCOCc1nc2ccccc2s1. The smallest absolute Gasteiger partial charge is 0.120 e. The third-order valence-corrected chi connectivity index (χ3v) is 3.41. The maximum atomic E-state index is 5.61. The molecule has 3 heteroatoms. The predicted molar refractivity (Wildman–Crippen MR) is 68.7 cm³/mol. The minimum Gasteiger partial charge on any atom is -0.374 e. The molecule has 1 aromatic heterocycles. The van der Waals surface area contributed by atoms with Crippen LogP contribution in [0.5, 0.6) is 0 Å². The number of ether oxygens (including phenoxy) is 1. The number of para-hydroxylation sites is 1.